The molecule has 1 atom stereocenters. The summed E-state index contributed by atoms with van der Waals surface area (Å²) >= 11 is 3.49. The Balaban J connectivity index is 1.72. The van der Waals surface area contributed by atoms with E-state index in [0.717, 1.165) is 22.2 Å². The van der Waals surface area contributed by atoms with E-state index in [1.54, 1.807) is 6.21 Å². The predicted octanol–water partition coefficient (Wildman–Crippen LogP) is 2.41. The van der Waals surface area contributed by atoms with Crippen LogP contribution in [-0.2, 0) is 11.2 Å². The van der Waals surface area contributed by atoms with Gasteiger partial charge >= 0.3 is 0 Å². The highest BCUT2D eigenvalue weighted by atomic mass is 79.9. The number of hydrogen-bond donors (Lipinski definition) is 1. The minimum Gasteiger partial charge on any atom is -0.297 e. The molecule has 1 N–H and O–H groups in total. The average Bonchev–Trinajstić information content (AvgIpc) is 3.09. The average molecular weight is 385 g/mol. The van der Waals surface area contributed by atoms with E-state index in [9.17, 15) is 4.79 Å². The van der Waals surface area contributed by atoms with Crippen LogP contribution in [0.3, 0.4) is 0 Å². The highest BCUT2D eigenvalue weighted by molar-refractivity contribution is 9.11. The lowest BCUT2D eigenvalue weighted by Crippen LogP contribution is -2.51. The van der Waals surface area contributed by atoms with Crippen molar-refractivity contribution < 1.29 is 4.79 Å². The van der Waals surface area contributed by atoms with Gasteiger partial charge < -0.3 is 0 Å². The van der Waals surface area contributed by atoms with Crippen molar-refractivity contribution in [2.75, 3.05) is 13.2 Å². The Morgan fingerprint density at radius 1 is 1.29 bits per heavy atom. The Bertz CT molecular complexity index is 794. The van der Waals surface area contributed by atoms with Crippen molar-refractivity contribution in [2.45, 2.75) is 18.9 Å². The SMILES string of the molecule is O=C1CC(Br)=CC2=C1C(Cc1ccccc1)NCN2C1=NCC=N1. The summed E-state index contributed by atoms with van der Waals surface area (Å²) in [5, 5.41) is 3.49. The second-order valence-corrected chi connectivity index (χ2v) is 6.99. The van der Waals surface area contributed by atoms with Crippen LogP contribution in [0.25, 0.3) is 0 Å². The fraction of sp³-hybridized carbons (Fsp3) is 0.278. The maximum Gasteiger partial charge on any atom is 0.226 e. The summed E-state index contributed by atoms with van der Waals surface area (Å²) in [5.41, 5.74) is 2.96. The Morgan fingerprint density at radius 3 is 2.88 bits per heavy atom. The second-order valence-electron chi connectivity index (χ2n) is 5.98. The zero-order valence-electron chi connectivity index (χ0n) is 13.1. The smallest absolute Gasteiger partial charge is 0.226 e. The van der Waals surface area contributed by atoms with Crippen LogP contribution in [0.2, 0.25) is 0 Å². The van der Waals surface area contributed by atoms with Gasteiger partial charge in [0.15, 0.2) is 5.78 Å². The van der Waals surface area contributed by atoms with Crippen molar-refractivity contribution in [1.29, 1.82) is 0 Å². The first-order valence-corrected chi connectivity index (χ1v) is 8.77. The van der Waals surface area contributed by atoms with Gasteiger partial charge in [0.05, 0.1) is 18.9 Å². The molecule has 24 heavy (non-hydrogen) atoms. The molecule has 122 valence electrons. The van der Waals surface area contributed by atoms with E-state index in [1.165, 1.54) is 5.56 Å². The molecule has 0 bridgehead atoms. The number of aliphatic imine (C=N–C) groups is 2. The molecule has 3 aliphatic rings. The summed E-state index contributed by atoms with van der Waals surface area (Å²) in [6, 6.07) is 10.3. The van der Waals surface area contributed by atoms with Crippen LogP contribution in [0, 0.1) is 0 Å². The van der Waals surface area contributed by atoms with E-state index in [0.29, 0.717) is 25.6 Å². The molecule has 0 radical (unpaired) electrons. The van der Waals surface area contributed by atoms with Gasteiger partial charge in [0.1, 0.15) is 0 Å². The molecule has 1 aromatic carbocycles. The monoisotopic (exact) mass is 384 g/mol. The second kappa shape index (κ2) is 6.45. The van der Waals surface area contributed by atoms with Gasteiger partial charge in [-0.3, -0.25) is 15.0 Å². The molecule has 1 aromatic rings. The maximum atomic E-state index is 12.7. The highest BCUT2D eigenvalue weighted by Crippen LogP contribution is 2.32. The van der Waals surface area contributed by atoms with E-state index >= 15 is 0 Å². The number of carbonyl (C=O) groups excluding carboxylic acids is 1. The van der Waals surface area contributed by atoms with Crippen LogP contribution in [-0.4, -0.2) is 42.1 Å². The van der Waals surface area contributed by atoms with Gasteiger partial charge in [0, 0.05) is 28.7 Å². The largest absolute Gasteiger partial charge is 0.297 e. The van der Waals surface area contributed by atoms with E-state index in [1.807, 2.05) is 29.2 Å². The van der Waals surface area contributed by atoms with Crippen LogP contribution in [0.15, 0.2) is 62.1 Å². The summed E-state index contributed by atoms with van der Waals surface area (Å²) in [4.78, 5) is 23.4. The lowest BCUT2D eigenvalue weighted by molar-refractivity contribution is -0.115. The number of benzene rings is 1. The quantitative estimate of drug-likeness (QED) is 0.851. The lowest BCUT2D eigenvalue weighted by atomic mass is 9.88. The van der Waals surface area contributed by atoms with Gasteiger partial charge in [0.25, 0.3) is 0 Å². The Hall–Kier alpha value is -2.05. The third-order valence-electron chi connectivity index (χ3n) is 4.38. The number of rotatable bonds is 2. The van der Waals surface area contributed by atoms with Gasteiger partial charge in [-0.2, -0.15) is 0 Å². The molecule has 1 aliphatic carbocycles. The number of halogens is 1. The molecule has 2 heterocycles. The number of guanidine groups is 1. The van der Waals surface area contributed by atoms with Crippen LogP contribution in [0.4, 0.5) is 0 Å². The van der Waals surface area contributed by atoms with Gasteiger partial charge in [-0.25, -0.2) is 9.98 Å². The molecule has 4 rings (SSSR count). The maximum absolute atomic E-state index is 12.7. The first-order chi connectivity index (χ1) is 11.7. The molecular formula is C18H17BrN4O. The molecule has 6 heteroatoms. The number of nitrogens with zero attached hydrogens (tertiary/aromatic N) is 3. The molecule has 5 nitrogen and oxygen atoms in total. The summed E-state index contributed by atoms with van der Waals surface area (Å²) < 4.78 is 0.902. The minimum absolute atomic E-state index is 0.00832. The molecule has 0 amide bonds. The number of allylic oxidation sites excluding steroid dienone is 2. The standard InChI is InChI=1S/C18H17BrN4O/c19-13-9-15-17(16(24)10-13)14(8-12-4-2-1-3-5-12)22-11-23(15)18-20-6-7-21-18/h1-6,9,14,22H,7-8,10-11H2. The molecule has 0 fully saturated rings. The zero-order valence-corrected chi connectivity index (χ0v) is 14.7. The van der Waals surface area contributed by atoms with Gasteiger partial charge in [-0.05, 0) is 18.1 Å². The van der Waals surface area contributed by atoms with E-state index < -0.39 is 0 Å². The van der Waals surface area contributed by atoms with Crippen LogP contribution >= 0.6 is 15.9 Å². The Morgan fingerprint density at radius 2 is 2.12 bits per heavy atom. The number of hydrogen-bond acceptors (Lipinski definition) is 5. The van der Waals surface area contributed by atoms with Crippen LogP contribution in [0.5, 0.6) is 0 Å². The van der Waals surface area contributed by atoms with Gasteiger partial charge in [-0.15, -0.1) is 0 Å². The molecule has 0 aromatic heterocycles. The molecule has 0 spiro atoms. The number of ketones is 1. The molecule has 0 saturated carbocycles. The number of Topliss-reactive ketones (excluding diaryl/α,β-unsaturated/α-hetero) is 1. The van der Waals surface area contributed by atoms with Crippen molar-refractivity contribution in [1.82, 2.24) is 10.2 Å². The normalized spacial score (nSPS) is 23.3. The van der Waals surface area contributed by atoms with Gasteiger partial charge in [-0.1, -0.05) is 46.3 Å². The van der Waals surface area contributed by atoms with Crippen molar-refractivity contribution in [3.05, 3.63) is 57.7 Å². The van der Waals surface area contributed by atoms with Gasteiger partial charge in [0.2, 0.25) is 5.96 Å². The lowest BCUT2D eigenvalue weighted by Gasteiger charge is -2.37. The summed E-state index contributed by atoms with van der Waals surface area (Å²) in [5.74, 6) is 0.819. The van der Waals surface area contributed by atoms with E-state index in [2.05, 4.69) is 43.4 Å². The fourth-order valence-corrected chi connectivity index (χ4v) is 3.77. The van der Waals surface area contributed by atoms with Crippen molar-refractivity contribution >= 4 is 33.9 Å². The van der Waals surface area contributed by atoms with Crippen LogP contribution < -0.4 is 5.32 Å². The predicted molar refractivity (Wildman–Crippen MR) is 98.2 cm³/mol. The van der Waals surface area contributed by atoms with Crippen molar-refractivity contribution in [3.8, 4) is 0 Å². The fourth-order valence-electron chi connectivity index (χ4n) is 3.30. The molecular weight excluding hydrogens is 368 g/mol. The first kappa shape index (κ1) is 15.5. The van der Waals surface area contributed by atoms with E-state index in [4.69, 9.17) is 0 Å². The molecule has 0 saturated heterocycles. The minimum atomic E-state index is 0.00832. The Kier molecular flexibility index (Phi) is 4.16. The number of carbonyl (C=O) groups is 1. The third-order valence-corrected chi connectivity index (χ3v) is 4.89. The topological polar surface area (TPSA) is 57.1 Å². The first-order valence-electron chi connectivity index (χ1n) is 7.97. The number of nitrogens with one attached hydrogen (secondary N) is 1. The van der Waals surface area contributed by atoms with Crippen molar-refractivity contribution in [3.63, 3.8) is 0 Å². The Labute approximate surface area is 149 Å². The van der Waals surface area contributed by atoms with E-state index in [-0.39, 0.29) is 11.8 Å². The summed E-state index contributed by atoms with van der Waals surface area (Å²) in [6.45, 7) is 1.19. The zero-order chi connectivity index (χ0) is 16.5. The highest BCUT2D eigenvalue weighted by Gasteiger charge is 2.35. The summed E-state index contributed by atoms with van der Waals surface area (Å²) in [7, 11) is 0. The van der Waals surface area contributed by atoms with Crippen molar-refractivity contribution in [2.24, 2.45) is 9.98 Å². The third kappa shape index (κ3) is 2.87. The molecule has 1 unspecified atom stereocenters. The molecule has 2 aliphatic heterocycles. The summed E-state index contributed by atoms with van der Waals surface area (Å²) in [6.07, 6.45) is 5.02. The van der Waals surface area contributed by atoms with Crippen LogP contribution in [0.1, 0.15) is 12.0 Å².